The number of aromatic nitrogens is 2. The highest BCUT2D eigenvalue weighted by Gasteiger charge is 2.21. The van der Waals surface area contributed by atoms with Crippen molar-refractivity contribution in [3.05, 3.63) is 28.4 Å². The second-order valence-corrected chi connectivity index (χ2v) is 5.53. The summed E-state index contributed by atoms with van der Waals surface area (Å²) in [6, 6.07) is 5.43. The number of carbonyl (C=O) groups excluding carboxylic acids is 1. The SMILES string of the molecule is COC(=O)c1ccc2c(c1)c(Br)nn2C1CCCCO1. The highest BCUT2D eigenvalue weighted by Crippen LogP contribution is 2.30. The number of methoxy groups -OCH3 is 1. The Labute approximate surface area is 125 Å². The van der Waals surface area contributed by atoms with Crippen LogP contribution in [0.15, 0.2) is 22.8 Å². The molecule has 0 amide bonds. The van der Waals surface area contributed by atoms with Crippen molar-refractivity contribution >= 4 is 32.8 Å². The summed E-state index contributed by atoms with van der Waals surface area (Å²) < 4.78 is 13.1. The Bertz CT molecular complexity index is 647. The van der Waals surface area contributed by atoms with Gasteiger partial charge in [0.1, 0.15) is 4.60 Å². The van der Waals surface area contributed by atoms with Gasteiger partial charge in [0, 0.05) is 12.0 Å². The standard InChI is InChI=1S/C14H15BrN2O3/c1-19-14(18)9-5-6-11-10(8-9)13(15)16-17(11)12-4-2-3-7-20-12/h5-6,8,12H,2-4,7H2,1H3. The second kappa shape index (κ2) is 5.54. The van der Waals surface area contributed by atoms with Crippen molar-refractivity contribution in [3.8, 4) is 0 Å². The molecule has 1 aromatic heterocycles. The molecule has 1 aliphatic heterocycles. The maximum Gasteiger partial charge on any atom is 0.337 e. The van der Waals surface area contributed by atoms with Gasteiger partial charge in [0.25, 0.3) is 0 Å². The number of ether oxygens (including phenoxy) is 2. The first-order valence-corrected chi connectivity index (χ1v) is 7.37. The largest absolute Gasteiger partial charge is 0.465 e. The van der Waals surface area contributed by atoms with E-state index in [1.807, 2.05) is 10.7 Å². The van der Waals surface area contributed by atoms with E-state index in [1.165, 1.54) is 7.11 Å². The number of hydrogen-bond donors (Lipinski definition) is 0. The number of hydrogen-bond acceptors (Lipinski definition) is 4. The van der Waals surface area contributed by atoms with Gasteiger partial charge in [-0.05, 0) is 53.4 Å². The third-order valence-electron chi connectivity index (χ3n) is 3.51. The lowest BCUT2D eigenvalue weighted by molar-refractivity contribution is -0.0368. The minimum Gasteiger partial charge on any atom is -0.465 e. The van der Waals surface area contributed by atoms with Crippen molar-refractivity contribution in [3.63, 3.8) is 0 Å². The van der Waals surface area contributed by atoms with Gasteiger partial charge in [-0.25, -0.2) is 9.48 Å². The second-order valence-electron chi connectivity index (χ2n) is 4.78. The van der Waals surface area contributed by atoms with E-state index in [2.05, 4.69) is 21.0 Å². The Hall–Kier alpha value is -1.40. The number of benzene rings is 1. The lowest BCUT2D eigenvalue weighted by Crippen LogP contribution is -2.19. The van der Waals surface area contributed by atoms with Crippen LogP contribution in [0.2, 0.25) is 0 Å². The molecule has 2 aromatic rings. The summed E-state index contributed by atoms with van der Waals surface area (Å²) in [6.07, 6.45) is 3.18. The molecule has 3 rings (SSSR count). The van der Waals surface area contributed by atoms with Crippen LogP contribution in [0.25, 0.3) is 10.9 Å². The molecule has 2 heterocycles. The smallest absolute Gasteiger partial charge is 0.337 e. The van der Waals surface area contributed by atoms with Gasteiger partial charge in [0.15, 0.2) is 6.23 Å². The summed E-state index contributed by atoms with van der Waals surface area (Å²) in [5, 5.41) is 5.39. The fourth-order valence-corrected chi connectivity index (χ4v) is 2.97. The maximum absolute atomic E-state index is 11.6. The van der Waals surface area contributed by atoms with E-state index in [0.717, 1.165) is 36.8 Å². The molecule has 0 radical (unpaired) electrons. The van der Waals surface area contributed by atoms with E-state index in [4.69, 9.17) is 9.47 Å². The third-order valence-corrected chi connectivity index (χ3v) is 4.10. The van der Waals surface area contributed by atoms with Crippen molar-refractivity contribution in [2.24, 2.45) is 0 Å². The number of halogens is 1. The quantitative estimate of drug-likeness (QED) is 0.788. The molecular formula is C14H15BrN2O3. The Morgan fingerprint density at radius 2 is 2.35 bits per heavy atom. The van der Waals surface area contributed by atoms with E-state index in [0.29, 0.717) is 10.2 Å². The summed E-state index contributed by atoms with van der Waals surface area (Å²) in [5.41, 5.74) is 1.47. The number of nitrogens with zero attached hydrogens (tertiary/aromatic N) is 2. The minimum absolute atomic E-state index is 0.0264. The first-order chi connectivity index (χ1) is 9.70. The van der Waals surface area contributed by atoms with Crippen molar-refractivity contribution in [1.82, 2.24) is 9.78 Å². The number of fused-ring (bicyclic) bond motifs is 1. The molecule has 106 valence electrons. The molecule has 1 aliphatic rings. The van der Waals surface area contributed by atoms with Crippen LogP contribution in [-0.4, -0.2) is 29.5 Å². The Kier molecular flexibility index (Phi) is 3.76. The monoisotopic (exact) mass is 338 g/mol. The molecule has 6 heteroatoms. The lowest BCUT2D eigenvalue weighted by Gasteiger charge is -2.23. The van der Waals surface area contributed by atoms with Gasteiger partial charge in [-0.3, -0.25) is 0 Å². The van der Waals surface area contributed by atoms with Gasteiger partial charge >= 0.3 is 5.97 Å². The van der Waals surface area contributed by atoms with Gasteiger partial charge in [0.2, 0.25) is 0 Å². The molecular weight excluding hydrogens is 324 g/mol. The number of rotatable bonds is 2. The molecule has 0 N–H and O–H groups in total. The van der Waals surface area contributed by atoms with Crippen molar-refractivity contribution in [1.29, 1.82) is 0 Å². The van der Waals surface area contributed by atoms with E-state index in [9.17, 15) is 4.79 Å². The van der Waals surface area contributed by atoms with Crippen LogP contribution >= 0.6 is 15.9 Å². The zero-order chi connectivity index (χ0) is 14.1. The fourth-order valence-electron chi connectivity index (χ4n) is 2.48. The zero-order valence-electron chi connectivity index (χ0n) is 11.1. The highest BCUT2D eigenvalue weighted by atomic mass is 79.9. The van der Waals surface area contributed by atoms with Crippen molar-refractivity contribution in [2.45, 2.75) is 25.5 Å². The van der Waals surface area contributed by atoms with Crippen LogP contribution in [0.3, 0.4) is 0 Å². The molecule has 0 aliphatic carbocycles. The van der Waals surface area contributed by atoms with Crippen molar-refractivity contribution in [2.75, 3.05) is 13.7 Å². The Balaban J connectivity index is 2.05. The summed E-state index contributed by atoms with van der Waals surface area (Å²) >= 11 is 3.45. The summed E-state index contributed by atoms with van der Waals surface area (Å²) in [4.78, 5) is 11.6. The van der Waals surface area contributed by atoms with Crippen molar-refractivity contribution < 1.29 is 14.3 Å². The molecule has 1 atom stereocenters. The Morgan fingerprint density at radius 1 is 1.50 bits per heavy atom. The van der Waals surface area contributed by atoms with Gasteiger partial charge < -0.3 is 9.47 Å². The average molecular weight is 339 g/mol. The van der Waals surface area contributed by atoms with Crippen LogP contribution in [0.5, 0.6) is 0 Å². The maximum atomic E-state index is 11.6. The van der Waals surface area contributed by atoms with Crippen LogP contribution in [0.1, 0.15) is 35.8 Å². The molecule has 20 heavy (non-hydrogen) atoms. The molecule has 0 saturated carbocycles. The van der Waals surface area contributed by atoms with Crippen LogP contribution in [0, 0.1) is 0 Å². The van der Waals surface area contributed by atoms with Crippen LogP contribution in [-0.2, 0) is 9.47 Å². The molecule has 0 bridgehead atoms. The predicted molar refractivity (Wildman–Crippen MR) is 77.6 cm³/mol. The summed E-state index contributed by atoms with van der Waals surface area (Å²) in [6.45, 7) is 0.768. The van der Waals surface area contributed by atoms with Gasteiger partial charge in [-0.15, -0.1) is 0 Å². The van der Waals surface area contributed by atoms with Crippen LogP contribution in [0.4, 0.5) is 0 Å². The van der Waals surface area contributed by atoms with E-state index in [-0.39, 0.29) is 12.2 Å². The zero-order valence-corrected chi connectivity index (χ0v) is 12.7. The summed E-state index contributed by atoms with van der Waals surface area (Å²) in [7, 11) is 1.38. The van der Waals surface area contributed by atoms with Gasteiger partial charge in [0.05, 0.1) is 18.2 Å². The molecule has 0 spiro atoms. The van der Waals surface area contributed by atoms with Gasteiger partial charge in [-0.1, -0.05) is 0 Å². The predicted octanol–water partition coefficient (Wildman–Crippen LogP) is 3.28. The molecule has 5 nitrogen and oxygen atoms in total. The average Bonchev–Trinajstić information content (AvgIpc) is 2.84. The van der Waals surface area contributed by atoms with Gasteiger partial charge in [-0.2, -0.15) is 5.10 Å². The van der Waals surface area contributed by atoms with E-state index in [1.54, 1.807) is 12.1 Å². The molecule has 1 fully saturated rings. The van der Waals surface area contributed by atoms with E-state index >= 15 is 0 Å². The molecule has 1 aromatic carbocycles. The Morgan fingerprint density at radius 3 is 3.05 bits per heavy atom. The first kappa shape index (κ1) is 13.6. The highest BCUT2D eigenvalue weighted by molar-refractivity contribution is 9.10. The molecule has 1 unspecified atom stereocenters. The topological polar surface area (TPSA) is 53.3 Å². The number of esters is 1. The lowest BCUT2D eigenvalue weighted by atomic mass is 10.1. The number of carbonyl (C=O) groups is 1. The minimum atomic E-state index is -0.347. The van der Waals surface area contributed by atoms with Crippen LogP contribution < -0.4 is 0 Å². The molecule has 1 saturated heterocycles. The third kappa shape index (κ3) is 2.33. The van der Waals surface area contributed by atoms with E-state index < -0.39 is 0 Å². The summed E-state index contributed by atoms with van der Waals surface area (Å²) in [5.74, 6) is -0.347. The first-order valence-electron chi connectivity index (χ1n) is 6.58. The fraction of sp³-hybridized carbons (Fsp3) is 0.429. The normalized spacial score (nSPS) is 19.2.